The maximum atomic E-state index is 12.6. The van der Waals surface area contributed by atoms with Crippen molar-refractivity contribution in [2.24, 2.45) is 5.92 Å². The molecule has 11 heteroatoms. The molecule has 11 nitrogen and oxygen atoms in total. The van der Waals surface area contributed by atoms with Gasteiger partial charge in [0.15, 0.2) is 17.8 Å². The number of benzene rings is 1. The zero-order valence-corrected chi connectivity index (χ0v) is 21.4. The largest absolute Gasteiger partial charge is 0.504 e. The van der Waals surface area contributed by atoms with E-state index in [0.29, 0.717) is 23.3 Å². The van der Waals surface area contributed by atoms with Gasteiger partial charge in [0.05, 0.1) is 32.2 Å². The minimum absolute atomic E-state index is 0.210. The highest BCUT2D eigenvalue weighted by Gasteiger charge is 2.46. The first-order valence-corrected chi connectivity index (χ1v) is 12.3. The molecule has 1 aliphatic heterocycles. The van der Waals surface area contributed by atoms with E-state index in [1.165, 1.54) is 19.2 Å². The number of aliphatic hydroxyl groups is 4. The number of phenols is 2. The molecule has 1 aliphatic carbocycles. The average molecular weight is 537 g/mol. The first kappa shape index (κ1) is 29.6. The van der Waals surface area contributed by atoms with Crippen molar-refractivity contribution in [3.05, 3.63) is 59.4 Å². The number of methoxy groups -OCH3 is 1. The van der Waals surface area contributed by atoms with Crippen LogP contribution in [-0.4, -0.2) is 93.7 Å². The molecule has 0 unspecified atom stereocenters. The van der Waals surface area contributed by atoms with Crippen LogP contribution in [-0.2, 0) is 30.2 Å². The van der Waals surface area contributed by atoms with Crippen LogP contribution in [0.3, 0.4) is 0 Å². The Morgan fingerprint density at radius 1 is 1.16 bits per heavy atom. The normalized spacial score (nSPS) is 30.5. The average Bonchev–Trinajstić information content (AvgIpc) is 2.90. The van der Waals surface area contributed by atoms with E-state index < -0.39 is 55.3 Å². The van der Waals surface area contributed by atoms with Crippen molar-refractivity contribution in [1.29, 1.82) is 0 Å². The van der Waals surface area contributed by atoms with Crippen LogP contribution in [0.1, 0.15) is 25.3 Å². The van der Waals surface area contributed by atoms with Gasteiger partial charge in [-0.2, -0.15) is 0 Å². The van der Waals surface area contributed by atoms with Crippen molar-refractivity contribution in [3.8, 4) is 11.5 Å². The summed E-state index contributed by atoms with van der Waals surface area (Å²) in [6, 6.07) is 4.50. The van der Waals surface area contributed by atoms with Gasteiger partial charge in [-0.15, -0.1) is 0 Å². The summed E-state index contributed by atoms with van der Waals surface area (Å²) in [5.74, 6) is -1.09. The van der Waals surface area contributed by atoms with Gasteiger partial charge in [-0.05, 0) is 36.6 Å². The number of ether oxygens (including phenoxy) is 4. The van der Waals surface area contributed by atoms with Crippen molar-refractivity contribution in [2.45, 2.75) is 63.0 Å². The quantitative estimate of drug-likeness (QED) is 0.108. The molecule has 0 saturated carbocycles. The van der Waals surface area contributed by atoms with Gasteiger partial charge in [-0.3, -0.25) is 0 Å². The molecule has 0 radical (unpaired) electrons. The lowest BCUT2D eigenvalue weighted by Crippen LogP contribution is -2.59. The van der Waals surface area contributed by atoms with E-state index in [9.17, 15) is 35.4 Å². The van der Waals surface area contributed by atoms with Gasteiger partial charge in [-0.1, -0.05) is 24.8 Å². The summed E-state index contributed by atoms with van der Waals surface area (Å²) < 4.78 is 22.3. The molecule has 210 valence electrons. The van der Waals surface area contributed by atoms with Gasteiger partial charge in [0.25, 0.3) is 0 Å². The third kappa shape index (κ3) is 6.73. The van der Waals surface area contributed by atoms with Crippen molar-refractivity contribution in [2.75, 3.05) is 20.3 Å². The van der Waals surface area contributed by atoms with Crippen molar-refractivity contribution in [3.63, 3.8) is 0 Å². The molecular weight excluding hydrogens is 500 g/mol. The Morgan fingerprint density at radius 3 is 2.53 bits per heavy atom. The van der Waals surface area contributed by atoms with Crippen molar-refractivity contribution >= 4 is 5.97 Å². The van der Waals surface area contributed by atoms with E-state index in [0.717, 1.165) is 5.56 Å². The summed E-state index contributed by atoms with van der Waals surface area (Å²) in [6.07, 6.45) is -3.40. The molecule has 0 spiro atoms. The Morgan fingerprint density at radius 2 is 1.89 bits per heavy atom. The summed E-state index contributed by atoms with van der Waals surface area (Å²) >= 11 is 0. The summed E-state index contributed by atoms with van der Waals surface area (Å²) in [5.41, 5.74) is 1.82. The SMILES string of the molecule is C=C(C[C@@H]1C(C(=O)OC)=CC[C@@H](O[C@@H]2O[C@H](CO)[C@@H](O)[C@H](O)[C@H]2O)/C1=C/C)OCCc1ccc(O)c(O)c1. The van der Waals surface area contributed by atoms with Crippen LogP contribution in [0, 0.1) is 5.92 Å². The number of allylic oxidation sites excluding steroid dienone is 2. The lowest BCUT2D eigenvalue weighted by atomic mass is 9.78. The summed E-state index contributed by atoms with van der Waals surface area (Å²) in [6.45, 7) is 5.41. The Kier molecular flexibility index (Phi) is 10.3. The first-order chi connectivity index (χ1) is 18.1. The van der Waals surface area contributed by atoms with Crippen LogP contribution in [0.15, 0.2) is 53.8 Å². The second-order valence-electron chi connectivity index (χ2n) is 9.21. The van der Waals surface area contributed by atoms with Crippen LogP contribution in [0.4, 0.5) is 0 Å². The highest BCUT2D eigenvalue weighted by molar-refractivity contribution is 5.90. The number of esters is 1. The topological polar surface area (TPSA) is 175 Å². The molecule has 1 aromatic carbocycles. The fraction of sp³-hybridized carbons (Fsp3) is 0.519. The number of carbonyl (C=O) groups excluding carboxylic acids is 1. The predicted molar refractivity (Wildman–Crippen MR) is 134 cm³/mol. The van der Waals surface area contributed by atoms with Crippen LogP contribution < -0.4 is 0 Å². The standard InChI is InChI=1S/C27H36O11/c1-4-16-18(11-14(2)36-10-9-15-5-7-19(29)20(30)12-15)17(26(34)35-3)6-8-21(16)37-27-25(33)24(32)23(31)22(13-28)38-27/h4-7,12,18,21-25,27-33H,2,8-11,13H2,1,3H3/b16-4+/t18-,21+,22+,23+,24-,25+,27+/m0/s1. The number of carbonyl (C=O) groups is 1. The number of hydrogen-bond acceptors (Lipinski definition) is 11. The first-order valence-electron chi connectivity index (χ1n) is 12.3. The lowest BCUT2D eigenvalue weighted by molar-refractivity contribution is -0.308. The lowest BCUT2D eigenvalue weighted by Gasteiger charge is -2.42. The Labute approximate surface area is 220 Å². The molecule has 2 aliphatic rings. The maximum Gasteiger partial charge on any atom is 0.334 e. The molecule has 0 amide bonds. The van der Waals surface area contributed by atoms with Crippen LogP contribution in [0.2, 0.25) is 0 Å². The molecule has 7 atom stereocenters. The molecule has 0 aromatic heterocycles. The zero-order valence-electron chi connectivity index (χ0n) is 21.4. The molecule has 1 fully saturated rings. The van der Waals surface area contributed by atoms with E-state index in [1.54, 1.807) is 25.1 Å². The van der Waals surface area contributed by atoms with Gasteiger partial charge in [-0.25, -0.2) is 4.79 Å². The van der Waals surface area contributed by atoms with E-state index in [1.807, 2.05) is 0 Å². The molecule has 1 saturated heterocycles. The third-order valence-corrected chi connectivity index (χ3v) is 6.77. The monoisotopic (exact) mass is 536 g/mol. The van der Waals surface area contributed by atoms with Crippen LogP contribution in [0.25, 0.3) is 0 Å². The van der Waals surface area contributed by atoms with Gasteiger partial charge >= 0.3 is 5.97 Å². The van der Waals surface area contributed by atoms with Crippen LogP contribution >= 0.6 is 0 Å². The molecule has 6 N–H and O–H groups in total. The summed E-state index contributed by atoms with van der Waals surface area (Å²) in [4.78, 5) is 12.6. The number of rotatable bonds is 10. The minimum Gasteiger partial charge on any atom is -0.504 e. The van der Waals surface area contributed by atoms with Gasteiger partial charge in [0, 0.05) is 24.3 Å². The number of hydrogen-bond donors (Lipinski definition) is 6. The molecule has 38 heavy (non-hydrogen) atoms. The predicted octanol–water partition coefficient (Wildman–Crippen LogP) is 0.811. The van der Waals surface area contributed by atoms with Crippen molar-refractivity contribution < 1.29 is 54.4 Å². The summed E-state index contributed by atoms with van der Waals surface area (Å²) in [7, 11) is 1.28. The fourth-order valence-electron chi connectivity index (χ4n) is 4.67. The van der Waals surface area contributed by atoms with E-state index in [4.69, 9.17) is 18.9 Å². The number of aromatic hydroxyl groups is 2. The Balaban J connectivity index is 1.71. The molecular formula is C27H36O11. The second-order valence-corrected chi connectivity index (χ2v) is 9.21. The molecule has 3 rings (SSSR count). The molecule has 0 bridgehead atoms. The highest BCUT2D eigenvalue weighted by Crippen LogP contribution is 2.38. The second kappa shape index (κ2) is 13.2. The maximum absolute atomic E-state index is 12.6. The number of aliphatic hydroxyl groups excluding tert-OH is 4. The van der Waals surface area contributed by atoms with Gasteiger partial charge < -0.3 is 49.6 Å². The molecule has 1 aromatic rings. The molecule has 1 heterocycles. The summed E-state index contributed by atoms with van der Waals surface area (Å²) in [5, 5.41) is 59.2. The van der Waals surface area contributed by atoms with Crippen molar-refractivity contribution in [1.82, 2.24) is 0 Å². The van der Waals surface area contributed by atoms with Gasteiger partial charge in [0.2, 0.25) is 0 Å². The van der Waals surface area contributed by atoms with E-state index >= 15 is 0 Å². The third-order valence-electron chi connectivity index (χ3n) is 6.77. The number of phenolic OH excluding ortho intramolecular Hbond substituents is 2. The fourth-order valence-corrected chi connectivity index (χ4v) is 4.67. The smallest absolute Gasteiger partial charge is 0.334 e. The van der Waals surface area contributed by atoms with E-state index in [2.05, 4.69) is 6.58 Å². The van der Waals surface area contributed by atoms with Gasteiger partial charge in [0.1, 0.15) is 24.4 Å². The highest BCUT2D eigenvalue weighted by atomic mass is 16.7. The van der Waals surface area contributed by atoms with E-state index in [-0.39, 0.29) is 30.9 Å². The Hall–Kier alpha value is -2.93. The Bertz CT molecular complexity index is 1050. The zero-order chi connectivity index (χ0) is 28.0. The minimum atomic E-state index is -1.58. The van der Waals surface area contributed by atoms with Crippen LogP contribution in [0.5, 0.6) is 11.5 Å².